The van der Waals surface area contributed by atoms with Crippen LogP contribution < -0.4 is 4.90 Å². The average Bonchev–Trinajstić information content (AvgIpc) is 3.65. The summed E-state index contributed by atoms with van der Waals surface area (Å²) in [5.74, 6) is 0.433. The van der Waals surface area contributed by atoms with E-state index in [4.69, 9.17) is 0 Å². The first-order chi connectivity index (χ1) is 30.1. The molecule has 61 heavy (non-hydrogen) atoms. The van der Waals surface area contributed by atoms with Crippen LogP contribution >= 0.6 is 0 Å². The lowest BCUT2D eigenvalue weighted by atomic mass is 9.83. The van der Waals surface area contributed by atoms with Crippen molar-refractivity contribution >= 4 is 66.0 Å². The van der Waals surface area contributed by atoms with E-state index in [1.165, 1.54) is 88.0 Å². The standard InChI is InChI=1S/C59H46N2/c1-40(2)44-30-35-56-53(37-44)54-39-49(33-36-57(54)61(56)47-23-13-6-14-24-47)60(46-21-11-5-12-22-46)48-31-27-41(28-32-48)45-29-34-52-55(38-45)59(43-19-9-4-10-20-43)51-26-16-15-25-50(51)58(52)42-17-7-3-8-18-42/h3-7,9-17,19-40H,8,18H2,1-2H3. The third kappa shape index (κ3) is 6.44. The van der Waals surface area contributed by atoms with Gasteiger partial charge in [0, 0.05) is 33.5 Å². The lowest BCUT2D eigenvalue weighted by molar-refractivity contribution is 0.868. The fourth-order valence-corrected chi connectivity index (χ4v) is 9.64. The Labute approximate surface area is 358 Å². The van der Waals surface area contributed by atoms with Crippen molar-refractivity contribution in [2.45, 2.75) is 32.6 Å². The van der Waals surface area contributed by atoms with Crippen LogP contribution in [0.3, 0.4) is 0 Å². The number of rotatable bonds is 8. The molecular formula is C59H46N2. The molecule has 0 spiro atoms. The van der Waals surface area contributed by atoms with Crippen LogP contribution in [0.2, 0.25) is 0 Å². The topological polar surface area (TPSA) is 8.17 Å². The molecule has 0 amide bonds. The number of nitrogens with zero attached hydrogens (tertiary/aromatic N) is 2. The van der Waals surface area contributed by atoms with Crippen LogP contribution in [-0.4, -0.2) is 4.57 Å². The van der Waals surface area contributed by atoms with Crippen molar-refractivity contribution < 1.29 is 0 Å². The fraction of sp³-hybridized carbons (Fsp3) is 0.0847. The van der Waals surface area contributed by atoms with E-state index in [9.17, 15) is 0 Å². The number of allylic oxidation sites excluding steroid dienone is 4. The molecule has 1 heterocycles. The molecule has 11 rings (SSSR count). The van der Waals surface area contributed by atoms with Crippen LogP contribution in [0.15, 0.2) is 212 Å². The zero-order chi connectivity index (χ0) is 40.9. The highest BCUT2D eigenvalue weighted by atomic mass is 15.1. The molecule has 1 aliphatic carbocycles. The maximum Gasteiger partial charge on any atom is 0.0542 e. The van der Waals surface area contributed by atoms with Gasteiger partial charge in [-0.3, -0.25) is 0 Å². The minimum atomic E-state index is 0.433. The molecule has 10 aromatic rings. The van der Waals surface area contributed by atoms with Gasteiger partial charge in [0.2, 0.25) is 0 Å². The van der Waals surface area contributed by atoms with Gasteiger partial charge in [-0.2, -0.15) is 0 Å². The van der Waals surface area contributed by atoms with Gasteiger partial charge in [-0.15, -0.1) is 0 Å². The molecule has 0 bridgehead atoms. The lowest BCUT2D eigenvalue weighted by Crippen LogP contribution is -2.09. The summed E-state index contributed by atoms with van der Waals surface area (Å²) in [6.07, 6.45) is 8.93. The summed E-state index contributed by atoms with van der Waals surface area (Å²) in [5.41, 5.74) is 16.0. The summed E-state index contributed by atoms with van der Waals surface area (Å²) in [4.78, 5) is 2.39. The van der Waals surface area contributed by atoms with Gasteiger partial charge in [0.25, 0.3) is 0 Å². The second kappa shape index (κ2) is 15.3. The molecule has 0 saturated heterocycles. The average molecular weight is 783 g/mol. The highest BCUT2D eigenvalue weighted by Gasteiger charge is 2.21. The van der Waals surface area contributed by atoms with E-state index in [2.05, 4.69) is 236 Å². The molecule has 2 nitrogen and oxygen atoms in total. The van der Waals surface area contributed by atoms with E-state index in [0.717, 1.165) is 29.9 Å². The van der Waals surface area contributed by atoms with Gasteiger partial charge in [0.15, 0.2) is 0 Å². The number of hydrogen-bond acceptors (Lipinski definition) is 1. The van der Waals surface area contributed by atoms with E-state index < -0.39 is 0 Å². The second-order valence-electron chi connectivity index (χ2n) is 16.6. The molecule has 0 unspecified atom stereocenters. The Bertz CT molecular complexity index is 3300. The first-order valence-electron chi connectivity index (χ1n) is 21.6. The normalized spacial score (nSPS) is 12.8. The quantitative estimate of drug-likeness (QED) is 0.139. The van der Waals surface area contributed by atoms with Crippen LogP contribution in [0, 0.1) is 0 Å². The number of fused-ring (bicyclic) bond motifs is 5. The van der Waals surface area contributed by atoms with Crippen molar-refractivity contribution in [3.05, 3.63) is 223 Å². The molecule has 0 fully saturated rings. The first kappa shape index (κ1) is 36.6. The van der Waals surface area contributed by atoms with E-state index >= 15 is 0 Å². The third-order valence-electron chi connectivity index (χ3n) is 12.6. The summed E-state index contributed by atoms with van der Waals surface area (Å²) >= 11 is 0. The van der Waals surface area contributed by atoms with E-state index in [-0.39, 0.29) is 0 Å². The minimum Gasteiger partial charge on any atom is -0.310 e. The number of anilines is 3. The van der Waals surface area contributed by atoms with Crippen molar-refractivity contribution in [3.8, 4) is 27.9 Å². The first-order valence-corrected chi connectivity index (χ1v) is 21.6. The van der Waals surface area contributed by atoms with Crippen molar-refractivity contribution in [2.75, 3.05) is 4.90 Å². The van der Waals surface area contributed by atoms with Gasteiger partial charge in [0.05, 0.1) is 11.0 Å². The molecule has 0 aliphatic heterocycles. The Morgan fingerprint density at radius 3 is 1.74 bits per heavy atom. The van der Waals surface area contributed by atoms with Crippen LogP contribution in [-0.2, 0) is 0 Å². The minimum absolute atomic E-state index is 0.433. The molecule has 0 radical (unpaired) electrons. The van der Waals surface area contributed by atoms with E-state index in [1.54, 1.807) is 0 Å². The molecule has 292 valence electrons. The van der Waals surface area contributed by atoms with E-state index in [0.29, 0.717) is 5.92 Å². The predicted molar refractivity (Wildman–Crippen MR) is 262 cm³/mol. The molecule has 0 atom stereocenters. The molecule has 1 aliphatic rings. The summed E-state index contributed by atoms with van der Waals surface area (Å²) in [6, 6.07) is 71.6. The van der Waals surface area contributed by atoms with Crippen LogP contribution in [0.25, 0.3) is 76.9 Å². The summed E-state index contributed by atoms with van der Waals surface area (Å²) in [5, 5.41) is 7.71. The number of para-hydroxylation sites is 2. The lowest BCUT2D eigenvalue weighted by Gasteiger charge is -2.26. The SMILES string of the molecule is CC(C)c1ccc2c(c1)c1cc(N(c3ccccc3)c3ccc(-c4ccc5c(C6=CC=CCC6)c6ccccc6c(-c6ccccc6)c5c4)cc3)ccc1n2-c1ccccc1. The summed E-state index contributed by atoms with van der Waals surface area (Å²) in [6.45, 7) is 4.55. The molecular weight excluding hydrogens is 737 g/mol. The van der Waals surface area contributed by atoms with Gasteiger partial charge < -0.3 is 9.47 Å². The van der Waals surface area contributed by atoms with Crippen molar-refractivity contribution in [1.29, 1.82) is 0 Å². The van der Waals surface area contributed by atoms with Crippen molar-refractivity contribution in [2.24, 2.45) is 0 Å². The Morgan fingerprint density at radius 1 is 0.443 bits per heavy atom. The smallest absolute Gasteiger partial charge is 0.0542 e. The number of benzene rings is 9. The molecule has 1 aromatic heterocycles. The Kier molecular flexibility index (Phi) is 9.20. The fourth-order valence-electron chi connectivity index (χ4n) is 9.64. The maximum absolute atomic E-state index is 2.43. The summed E-state index contributed by atoms with van der Waals surface area (Å²) < 4.78 is 2.40. The van der Waals surface area contributed by atoms with Crippen molar-refractivity contribution in [1.82, 2.24) is 4.57 Å². The van der Waals surface area contributed by atoms with Crippen LogP contribution in [0.5, 0.6) is 0 Å². The number of hydrogen-bond donors (Lipinski definition) is 0. The highest BCUT2D eigenvalue weighted by molar-refractivity contribution is 6.19. The van der Waals surface area contributed by atoms with Crippen molar-refractivity contribution in [3.63, 3.8) is 0 Å². The maximum atomic E-state index is 2.43. The number of aromatic nitrogens is 1. The van der Waals surface area contributed by atoms with Gasteiger partial charge >= 0.3 is 0 Å². The Hall–Kier alpha value is -7.42. The molecule has 0 N–H and O–H groups in total. The van der Waals surface area contributed by atoms with Crippen LogP contribution in [0.1, 0.15) is 43.7 Å². The van der Waals surface area contributed by atoms with E-state index in [1.807, 2.05) is 0 Å². The second-order valence-corrected chi connectivity index (χ2v) is 16.6. The molecule has 9 aromatic carbocycles. The monoisotopic (exact) mass is 782 g/mol. The third-order valence-corrected chi connectivity index (χ3v) is 12.6. The highest BCUT2D eigenvalue weighted by Crippen LogP contribution is 2.45. The Morgan fingerprint density at radius 2 is 1.03 bits per heavy atom. The van der Waals surface area contributed by atoms with Gasteiger partial charge in [0.1, 0.15) is 0 Å². The van der Waals surface area contributed by atoms with Crippen LogP contribution in [0.4, 0.5) is 17.1 Å². The van der Waals surface area contributed by atoms with Gasteiger partial charge in [-0.05, 0) is 152 Å². The summed E-state index contributed by atoms with van der Waals surface area (Å²) in [7, 11) is 0. The zero-order valence-electron chi connectivity index (χ0n) is 34.6. The van der Waals surface area contributed by atoms with Gasteiger partial charge in [-0.25, -0.2) is 0 Å². The molecule has 2 heteroatoms. The molecule has 0 saturated carbocycles. The van der Waals surface area contributed by atoms with Gasteiger partial charge in [-0.1, -0.05) is 153 Å². The predicted octanol–water partition coefficient (Wildman–Crippen LogP) is 16.8. The zero-order valence-corrected chi connectivity index (χ0v) is 34.6. The largest absolute Gasteiger partial charge is 0.310 e. The Balaban J connectivity index is 1.06.